The third-order valence-electron chi connectivity index (χ3n) is 4.30. The van der Waals surface area contributed by atoms with E-state index in [1.807, 2.05) is 0 Å². The van der Waals surface area contributed by atoms with E-state index < -0.39 is 0 Å². The molecule has 0 aromatic carbocycles. The fraction of sp³-hybridized carbons (Fsp3) is 0.938. The molecule has 0 aromatic rings. The summed E-state index contributed by atoms with van der Waals surface area (Å²) in [5, 5.41) is 7.87. The first-order valence-corrected chi connectivity index (χ1v) is 7.95. The minimum absolute atomic E-state index is 0.0214. The molecule has 2 saturated heterocycles. The molecule has 1 amide bonds. The first-order chi connectivity index (χ1) is 9.09. The Morgan fingerprint density at radius 2 is 1.70 bits per heavy atom. The Labute approximate surface area is 123 Å². The van der Waals surface area contributed by atoms with Gasteiger partial charge in [0.25, 0.3) is 5.91 Å². The van der Waals surface area contributed by atoms with Crippen molar-refractivity contribution in [3.05, 3.63) is 0 Å². The highest BCUT2D eigenvalue weighted by molar-refractivity contribution is 5.82. The first-order valence-electron chi connectivity index (χ1n) is 7.95. The van der Waals surface area contributed by atoms with Crippen molar-refractivity contribution in [3.63, 3.8) is 0 Å². The molecule has 0 aromatic heterocycles. The third kappa shape index (κ3) is 3.34. The van der Waals surface area contributed by atoms with E-state index in [1.54, 1.807) is 0 Å². The van der Waals surface area contributed by atoms with Gasteiger partial charge in [-0.25, -0.2) is 5.01 Å². The summed E-state index contributed by atoms with van der Waals surface area (Å²) in [4.78, 5) is 13.0. The van der Waals surface area contributed by atoms with Gasteiger partial charge in [-0.05, 0) is 45.4 Å². The van der Waals surface area contributed by atoms with E-state index in [-0.39, 0.29) is 22.9 Å². The smallest absolute Gasteiger partial charge is 0.254 e. The number of rotatable bonds is 1. The minimum atomic E-state index is -0.0389. The normalized spacial score (nSPS) is 29.5. The fourth-order valence-corrected chi connectivity index (χ4v) is 3.43. The van der Waals surface area contributed by atoms with Gasteiger partial charge in [0.1, 0.15) is 0 Å². The molecule has 2 atom stereocenters. The molecular formula is C16H31N3O. The maximum atomic E-state index is 13.0. The maximum Gasteiger partial charge on any atom is 0.254 e. The summed E-state index contributed by atoms with van der Waals surface area (Å²) >= 11 is 0. The molecule has 0 saturated carbocycles. The van der Waals surface area contributed by atoms with Crippen LogP contribution >= 0.6 is 0 Å². The molecule has 2 aliphatic heterocycles. The lowest BCUT2D eigenvalue weighted by Crippen LogP contribution is -2.57. The molecule has 0 aliphatic carbocycles. The van der Waals surface area contributed by atoms with E-state index in [0.717, 1.165) is 32.4 Å². The molecule has 0 bridgehead atoms. The van der Waals surface area contributed by atoms with E-state index in [4.69, 9.17) is 0 Å². The van der Waals surface area contributed by atoms with Gasteiger partial charge >= 0.3 is 0 Å². The number of hydrogen-bond donors (Lipinski definition) is 1. The molecule has 2 rings (SSSR count). The lowest BCUT2D eigenvalue weighted by Gasteiger charge is -2.39. The van der Waals surface area contributed by atoms with Crippen LogP contribution in [0.4, 0.5) is 0 Å². The standard InChI is InChI=1S/C16H31N3O/c1-15(2,3)13-9-11-18-10-7-8-12(14(20)19(13)18)17-16(4,5)6/h12-13,17H,7-11H2,1-6H3. The zero-order chi connectivity index (χ0) is 15.1. The lowest BCUT2D eigenvalue weighted by molar-refractivity contribution is -0.152. The maximum absolute atomic E-state index is 13.0. The van der Waals surface area contributed by atoms with E-state index in [9.17, 15) is 4.79 Å². The Morgan fingerprint density at radius 3 is 2.25 bits per heavy atom. The topological polar surface area (TPSA) is 35.6 Å². The van der Waals surface area contributed by atoms with E-state index in [0.29, 0.717) is 6.04 Å². The van der Waals surface area contributed by atoms with Gasteiger partial charge in [0, 0.05) is 18.6 Å². The summed E-state index contributed by atoms with van der Waals surface area (Å²) in [6.07, 6.45) is 3.13. The largest absolute Gasteiger partial charge is 0.301 e. The Balaban J connectivity index is 2.20. The summed E-state index contributed by atoms with van der Waals surface area (Å²) in [7, 11) is 0. The van der Waals surface area contributed by atoms with Gasteiger partial charge in [0.2, 0.25) is 0 Å². The molecule has 2 fully saturated rings. The molecule has 0 radical (unpaired) electrons. The van der Waals surface area contributed by atoms with Crippen molar-refractivity contribution < 1.29 is 4.79 Å². The second kappa shape index (κ2) is 5.30. The Bertz CT molecular complexity index is 367. The summed E-state index contributed by atoms with van der Waals surface area (Å²) in [5.74, 6) is 0.273. The summed E-state index contributed by atoms with van der Waals surface area (Å²) < 4.78 is 0. The molecule has 2 heterocycles. The van der Waals surface area contributed by atoms with Crippen molar-refractivity contribution in [2.75, 3.05) is 13.1 Å². The van der Waals surface area contributed by atoms with Crippen LogP contribution < -0.4 is 5.32 Å². The average molecular weight is 281 g/mol. The summed E-state index contributed by atoms with van der Waals surface area (Å²) in [6.45, 7) is 15.2. The Morgan fingerprint density at radius 1 is 1.05 bits per heavy atom. The van der Waals surface area contributed by atoms with E-state index in [2.05, 4.69) is 56.9 Å². The number of hydrazine groups is 1. The summed E-state index contributed by atoms with van der Waals surface area (Å²) in [5.41, 5.74) is 0.119. The van der Waals surface area contributed by atoms with E-state index in [1.165, 1.54) is 0 Å². The van der Waals surface area contributed by atoms with Crippen LogP contribution in [0.1, 0.15) is 60.8 Å². The SMILES string of the molecule is CC(C)(C)NC1CCCN2CCC(C(C)(C)C)N2C1=O. The highest BCUT2D eigenvalue weighted by Gasteiger charge is 2.45. The molecule has 116 valence electrons. The van der Waals surface area contributed by atoms with Crippen LogP contribution in [0.2, 0.25) is 0 Å². The molecule has 1 N–H and O–H groups in total. The second-order valence-electron chi connectivity index (χ2n) is 8.40. The fourth-order valence-electron chi connectivity index (χ4n) is 3.43. The molecule has 2 aliphatic rings. The van der Waals surface area contributed by atoms with Crippen molar-refractivity contribution in [1.82, 2.24) is 15.3 Å². The number of carbonyl (C=O) groups is 1. The van der Waals surface area contributed by atoms with Gasteiger partial charge in [-0.1, -0.05) is 20.8 Å². The van der Waals surface area contributed by atoms with Gasteiger partial charge in [0.15, 0.2) is 0 Å². The lowest BCUT2D eigenvalue weighted by atomic mass is 9.85. The molecular weight excluding hydrogens is 250 g/mol. The molecule has 0 spiro atoms. The molecule has 20 heavy (non-hydrogen) atoms. The van der Waals surface area contributed by atoms with Gasteiger partial charge in [-0.2, -0.15) is 0 Å². The number of nitrogens with zero attached hydrogens (tertiary/aromatic N) is 2. The zero-order valence-corrected chi connectivity index (χ0v) is 14.0. The highest BCUT2D eigenvalue weighted by atomic mass is 16.2. The number of carbonyl (C=O) groups excluding carboxylic acids is 1. The van der Waals surface area contributed by atoms with Gasteiger partial charge < -0.3 is 5.32 Å². The van der Waals surface area contributed by atoms with Crippen LogP contribution in [-0.4, -0.2) is 46.6 Å². The minimum Gasteiger partial charge on any atom is -0.301 e. The number of fused-ring (bicyclic) bond motifs is 1. The monoisotopic (exact) mass is 281 g/mol. The van der Waals surface area contributed by atoms with Crippen molar-refractivity contribution >= 4 is 5.91 Å². The Hall–Kier alpha value is -0.610. The number of hydrogen-bond acceptors (Lipinski definition) is 3. The molecule has 2 unspecified atom stereocenters. The van der Waals surface area contributed by atoms with Gasteiger partial charge in [-0.3, -0.25) is 9.80 Å². The van der Waals surface area contributed by atoms with E-state index >= 15 is 0 Å². The van der Waals surface area contributed by atoms with Crippen LogP contribution in [0.5, 0.6) is 0 Å². The van der Waals surface area contributed by atoms with Crippen LogP contribution in [0.15, 0.2) is 0 Å². The highest BCUT2D eigenvalue weighted by Crippen LogP contribution is 2.35. The second-order valence-corrected chi connectivity index (χ2v) is 8.40. The molecule has 4 heteroatoms. The van der Waals surface area contributed by atoms with Gasteiger partial charge in [-0.15, -0.1) is 0 Å². The predicted molar refractivity (Wildman–Crippen MR) is 82.2 cm³/mol. The van der Waals surface area contributed by atoms with Crippen molar-refractivity contribution in [2.24, 2.45) is 5.41 Å². The van der Waals surface area contributed by atoms with Crippen molar-refractivity contribution in [3.8, 4) is 0 Å². The van der Waals surface area contributed by atoms with Crippen LogP contribution in [0.3, 0.4) is 0 Å². The van der Waals surface area contributed by atoms with Crippen molar-refractivity contribution in [2.45, 2.75) is 78.4 Å². The number of nitrogens with one attached hydrogen (secondary N) is 1. The quantitative estimate of drug-likeness (QED) is 0.801. The number of amides is 1. The summed E-state index contributed by atoms with van der Waals surface area (Å²) in [6, 6.07) is 0.292. The molecule has 4 nitrogen and oxygen atoms in total. The van der Waals surface area contributed by atoms with Crippen LogP contribution in [0, 0.1) is 5.41 Å². The predicted octanol–water partition coefficient (Wildman–Crippen LogP) is 2.40. The van der Waals surface area contributed by atoms with Crippen LogP contribution in [-0.2, 0) is 4.79 Å². The third-order valence-corrected chi connectivity index (χ3v) is 4.30. The first kappa shape index (κ1) is 15.8. The zero-order valence-electron chi connectivity index (χ0n) is 14.0. The van der Waals surface area contributed by atoms with Crippen molar-refractivity contribution in [1.29, 1.82) is 0 Å². The Kier molecular flexibility index (Phi) is 4.18. The average Bonchev–Trinajstić information content (AvgIpc) is 2.63. The van der Waals surface area contributed by atoms with Crippen LogP contribution in [0.25, 0.3) is 0 Å². The van der Waals surface area contributed by atoms with Gasteiger partial charge in [0.05, 0.1) is 12.1 Å².